The average Bonchev–Trinajstić information content (AvgIpc) is 3.09. The van der Waals surface area contributed by atoms with Crippen molar-refractivity contribution < 1.29 is 35.9 Å². The number of methoxy groups -OCH3 is 1. The van der Waals surface area contributed by atoms with Crippen LogP contribution in [-0.2, 0) is 38.8 Å². The molecular formula is C36H37ClF3N3O5S. The molecule has 13 heteroatoms. The lowest BCUT2D eigenvalue weighted by atomic mass is 10.0. The van der Waals surface area contributed by atoms with Crippen molar-refractivity contribution in [2.24, 2.45) is 0 Å². The van der Waals surface area contributed by atoms with Gasteiger partial charge < -0.3 is 15.0 Å². The van der Waals surface area contributed by atoms with E-state index >= 15 is 0 Å². The molecule has 0 unspecified atom stereocenters. The first-order valence-electron chi connectivity index (χ1n) is 15.5. The van der Waals surface area contributed by atoms with Crippen LogP contribution in [0.1, 0.15) is 37.0 Å². The normalized spacial score (nSPS) is 12.9. The van der Waals surface area contributed by atoms with Crippen molar-refractivity contribution in [3.8, 4) is 5.75 Å². The number of benzene rings is 4. The third-order valence-corrected chi connectivity index (χ3v) is 10.0. The highest BCUT2D eigenvalue weighted by Gasteiger charge is 2.38. The highest BCUT2D eigenvalue weighted by molar-refractivity contribution is 7.92. The first-order chi connectivity index (χ1) is 23.2. The topological polar surface area (TPSA) is 96.0 Å². The molecule has 0 bridgehead atoms. The Labute approximate surface area is 289 Å². The number of halogens is 4. The molecule has 0 radical (unpaired) electrons. The van der Waals surface area contributed by atoms with Gasteiger partial charge in [0.1, 0.15) is 18.3 Å². The molecule has 2 atom stereocenters. The number of carbonyl (C=O) groups excluding carboxylic acids is 2. The van der Waals surface area contributed by atoms with Crippen molar-refractivity contribution in [2.75, 3.05) is 18.0 Å². The maximum Gasteiger partial charge on any atom is 0.417 e. The predicted octanol–water partition coefficient (Wildman–Crippen LogP) is 7.12. The Morgan fingerprint density at radius 2 is 1.53 bits per heavy atom. The lowest BCUT2D eigenvalue weighted by Gasteiger charge is -2.34. The maximum absolute atomic E-state index is 14.6. The molecule has 0 spiro atoms. The second-order valence-corrected chi connectivity index (χ2v) is 13.7. The number of anilines is 1. The van der Waals surface area contributed by atoms with Crippen molar-refractivity contribution in [1.82, 2.24) is 10.2 Å². The number of hydrogen-bond donors (Lipinski definition) is 1. The van der Waals surface area contributed by atoms with Crippen molar-refractivity contribution in [3.63, 3.8) is 0 Å². The van der Waals surface area contributed by atoms with Crippen LogP contribution in [0.3, 0.4) is 0 Å². The van der Waals surface area contributed by atoms with E-state index in [0.717, 1.165) is 17.7 Å². The van der Waals surface area contributed by atoms with Gasteiger partial charge in [-0.05, 0) is 66.9 Å². The number of ether oxygens (including phenoxy) is 1. The molecule has 0 aromatic heterocycles. The monoisotopic (exact) mass is 715 g/mol. The zero-order chi connectivity index (χ0) is 35.8. The largest absolute Gasteiger partial charge is 0.497 e. The van der Waals surface area contributed by atoms with Gasteiger partial charge in [-0.3, -0.25) is 13.9 Å². The molecular weight excluding hydrogens is 679 g/mol. The van der Waals surface area contributed by atoms with Gasteiger partial charge in [-0.2, -0.15) is 13.2 Å². The first kappa shape index (κ1) is 37.3. The number of carbonyl (C=O) groups is 2. The maximum atomic E-state index is 14.6. The molecule has 0 fully saturated rings. The van der Waals surface area contributed by atoms with Crippen molar-refractivity contribution in [3.05, 3.63) is 125 Å². The van der Waals surface area contributed by atoms with E-state index in [9.17, 15) is 31.2 Å². The van der Waals surface area contributed by atoms with Crippen LogP contribution in [0.25, 0.3) is 0 Å². The number of alkyl halides is 3. The van der Waals surface area contributed by atoms with Crippen LogP contribution in [0.5, 0.6) is 5.75 Å². The van der Waals surface area contributed by atoms with E-state index in [1.165, 1.54) is 36.3 Å². The summed E-state index contributed by atoms with van der Waals surface area (Å²) in [5.74, 6) is -0.813. The minimum atomic E-state index is -4.91. The van der Waals surface area contributed by atoms with Gasteiger partial charge in [0.25, 0.3) is 10.0 Å². The van der Waals surface area contributed by atoms with E-state index in [4.69, 9.17) is 16.3 Å². The fourth-order valence-corrected chi connectivity index (χ4v) is 6.75. The quantitative estimate of drug-likeness (QED) is 0.150. The number of nitrogens with one attached hydrogen (secondary N) is 1. The van der Waals surface area contributed by atoms with E-state index in [1.807, 2.05) is 19.9 Å². The highest BCUT2D eigenvalue weighted by atomic mass is 35.5. The predicted molar refractivity (Wildman–Crippen MR) is 183 cm³/mol. The molecule has 8 nitrogen and oxygen atoms in total. The van der Waals surface area contributed by atoms with Gasteiger partial charge in [0, 0.05) is 19.0 Å². The van der Waals surface area contributed by atoms with Crippen LogP contribution in [0.2, 0.25) is 5.02 Å². The Balaban J connectivity index is 1.87. The molecule has 2 amide bonds. The summed E-state index contributed by atoms with van der Waals surface area (Å²) in [6, 6.07) is 24.1. The summed E-state index contributed by atoms with van der Waals surface area (Å²) in [5.41, 5.74) is -0.392. The molecule has 0 saturated carbocycles. The van der Waals surface area contributed by atoms with Gasteiger partial charge in [0.2, 0.25) is 11.8 Å². The molecule has 49 heavy (non-hydrogen) atoms. The number of nitrogens with zero attached hydrogens (tertiary/aromatic N) is 2. The summed E-state index contributed by atoms with van der Waals surface area (Å²) < 4.78 is 76.1. The Bertz CT molecular complexity index is 1840. The van der Waals surface area contributed by atoms with Crippen LogP contribution in [-0.4, -0.2) is 50.9 Å². The van der Waals surface area contributed by atoms with Gasteiger partial charge in [-0.1, -0.05) is 79.2 Å². The smallest absolute Gasteiger partial charge is 0.417 e. The van der Waals surface area contributed by atoms with Gasteiger partial charge in [-0.25, -0.2) is 8.42 Å². The van der Waals surface area contributed by atoms with Crippen molar-refractivity contribution >= 4 is 39.1 Å². The van der Waals surface area contributed by atoms with E-state index in [-0.39, 0.29) is 23.9 Å². The van der Waals surface area contributed by atoms with Crippen LogP contribution in [0, 0.1) is 0 Å². The molecule has 4 aromatic rings. The molecule has 4 rings (SSSR count). The van der Waals surface area contributed by atoms with Crippen LogP contribution < -0.4 is 14.4 Å². The van der Waals surface area contributed by atoms with E-state index in [2.05, 4.69) is 5.32 Å². The molecule has 0 saturated heterocycles. The fourth-order valence-electron chi connectivity index (χ4n) is 5.10. The number of hydrogen-bond acceptors (Lipinski definition) is 5. The average molecular weight is 716 g/mol. The summed E-state index contributed by atoms with van der Waals surface area (Å²) >= 11 is 5.88. The minimum Gasteiger partial charge on any atom is -0.497 e. The zero-order valence-corrected chi connectivity index (χ0v) is 28.7. The number of sulfonamides is 1. The molecule has 0 aliphatic heterocycles. The summed E-state index contributed by atoms with van der Waals surface area (Å²) in [6.45, 7) is 2.64. The Morgan fingerprint density at radius 1 is 0.898 bits per heavy atom. The molecule has 0 aliphatic carbocycles. The van der Waals surface area contributed by atoms with Gasteiger partial charge in [0.05, 0.1) is 28.3 Å². The number of rotatable bonds is 14. The summed E-state index contributed by atoms with van der Waals surface area (Å²) in [4.78, 5) is 29.5. The third kappa shape index (κ3) is 9.54. The summed E-state index contributed by atoms with van der Waals surface area (Å²) in [7, 11) is -3.13. The van der Waals surface area contributed by atoms with E-state index < -0.39 is 56.9 Å². The molecule has 0 aliphatic rings. The van der Waals surface area contributed by atoms with Crippen LogP contribution in [0.4, 0.5) is 18.9 Å². The number of amides is 2. The third-order valence-electron chi connectivity index (χ3n) is 7.91. The fraction of sp³-hybridized carbons (Fsp3) is 0.278. The van der Waals surface area contributed by atoms with Gasteiger partial charge in [-0.15, -0.1) is 0 Å². The Kier molecular flexibility index (Phi) is 12.3. The molecule has 260 valence electrons. The standard InChI is InChI=1S/C36H37ClF3N3O5S/c1-4-25(2)41-35(45)33(21-26-12-7-5-8-13-26)42(23-27-14-11-15-29(20-27)48-3)34(44)24-43(49(46,47)30-16-9-6-10-17-30)28-18-19-32(37)31(22-28)36(38,39)40/h5-20,22,25,33H,4,21,23-24H2,1-3H3,(H,41,45)/t25-,33-/m0/s1. The lowest BCUT2D eigenvalue weighted by Crippen LogP contribution is -2.54. The highest BCUT2D eigenvalue weighted by Crippen LogP contribution is 2.38. The SMILES string of the molecule is CC[C@H](C)NC(=O)[C@H](Cc1ccccc1)N(Cc1cccc(OC)c1)C(=O)CN(c1ccc(Cl)c(C(F)(F)F)c1)S(=O)(=O)c1ccccc1. The molecule has 0 heterocycles. The van der Waals surface area contributed by atoms with Crippen molar-refractivity contribution in [2.45, 2.75) is 56.4 Å². The van der Waals surface area contributed by atoms with Gasteiger partial charge in [0.15, 0.2) is 0 Å². The Morgan fingerprint density at radius 3 is 2.14 bits per heavy atom. The van der Waals surface area contributed by atoms with Crippen LogP contribution >= 0.6 is 11.6 Å². The molecule has 4 aromatic carbocycles. The molecule has 1 N–H and O–H groups in total. The van der Waals surface area contributed by atoms with Crippen molar-refractivity contribution in [1.29, 1.82) is 0 Å². The second kappa shape index (κ2) is 16.2. The Hall–Kier alpha value is -4.55. The van der Waals surface area contributed by atoms with E-state index in [1.54, 1.807) is 54.6 Å². The summed E-state index contributed by atoms with van der Waals surface area (Å²) in [5, 5.41) is 2.30. The summed E-state index contributed by atoms with van der Waals surface area (Å²) in [6.07, 6.45) is -4.23. The zero-order valence-electron chi connectivity index (χ0n) is 27.2. The van der Waals surface area contributed by atoms with Gasteiger partial charge >= 0.3 is 6.18 Å². The lowest BCUT2D eigenvalue weighted by molar-refractivity contribution is -0.140. The van der Waals surface area contributed by atoms with Crippen LogP contribution in [0.15, 0.2) is 108 Å². The second-order valence-electron chi connectivity index (χ2n) is 11.4. The minimum absolute atomic E-state index is 0.0728. The first-order valence-corrected chi connectivity index (χ1v) is 17.3. The van der Waals surface area contributed by atoms with E-state index in [0.29, 0.717) is 28.1 Å².